The zero-order valence-corrected chi connectivity index (χ0v) is 12.0. The van der Waals surface area contributed by atoms with Crippen LogP contribution in [0.25, 0.3) is 4.96 Å². The fourth-order valence-electron chi connectivity index (χ4n) is 2.72. The molecule has 0 aromatic carbocycles. The summed E-state index contributed by atoms with van der Waals surface area (Å²) in [6, 6.07) is 0. The van der Waals surface area contributed by atoms with E-state index in [1.807, 2.05) is 22.2 Å². The van der Waals surface area contributed by atoms with E-state index in [0.717, 1.165) is 10.7 Å². The van der Waals surface area contributed by atoms with Gasteiger partial charge in [0.2, 0.25) is 0 Å². The third-order valence-electron chi connectivity index (χ3n) is 3.78. The monoisotopic (exact) mass is 300 g/mol. The zero-order chi connectivity index (χ0) is 13.5. The molecule has 2 unspecified atom stereocenters. The molecule has 0 spiro atoms. The Morgan fingerprint density at radius 3 is 3.05 bits per heavy atom. The minimum absolute atomic E-state index is 0.0121. The number of aromatic nitrogens is 2. The molecule has 104 valence electrons. The second-order valence-electron chi connectivity index (χ2n) is 5.13. The van der Waals surface area contributed by atoms with Crippen LogP contribution in [0.5, 0.6) is 0 Å². The molecule has 2 aromatic rings. The maximum atomic E-state index is 11.5. The number of thiazole rings is 1. The minimum Gasteiger partial charge on any atom is -0.396 e. The first kappa shape index (κ1) is 13.1. The Morgan fingerprint density at radius 2 is 2.42 bits per heavy atom. The van der Waals surface area contributed by atoms with Gasteiger partial charge in [-0.1, -0.05) is 0 Å². The summed E-state index contributed by atoms with van der Waals surface area (Å²) in [5.41, 5.74) is 0.926. The molecular weight excluding hydrogens is 284 g/mol. The van der Waals surface area contributed by atoms with Crippen LogP contribution in [0.4, 0.5) is 0 Å². The van der Waals surface area contributed by atoms with Crippen LogP contribution < -0.4 is 0 Å². The van der Waals surface area contributed by atoms with Gasteiger partial charge in [0.1, 0.15) is 0 Å². The van der Waals surface area contributed by atoms with Crippen molar-refractivity contribution in [3.05, 3.63) is 23.5 Å². The lowest BCUT2D eigenvalue weighted by molar-refractivity contribution is 0.183. The summed E-state index contributed by atoms with van der Waals surface area (Å²) in [6.07, 6.45) is 5.21. The third-order valence-corrected chi connectivity index (χ3v) is 6.35. The topological polar surface area (TPSA) is 71.7 Å². The van der Waals surface area contributed by atoms with E-state index >= 15 is 0 Å². The number of imidazole rings is 1. The van der Waals surface area contributed by atoms with E-state index in [-0.39, 0.29) is 29.9 Å². The molecule has 3 rings (SSSR count). The highest BCUT2D eigenvalue weighted by Gasteiger charge is 2.33. The Bertz CT molecular complexity index is 646. The molecule has 1 fully saturated rings. The van der Waals surface area contributed by atoms with E-state index in [1.54, 1.807) is 11.3 Å². The quantitative estimate of drug-likeness (QED) is 0.913. The normalized spacial score (nSPS) is 23.9. The van der Waals surface area contributed by atoms with E-state index in [4.69, 9.17) is 0 Å². The molecular formula is C12H16N2O3S2. The maximum absolute atomic E-state index is 11.5. The average molecular weight is 300 g/mol. The molecule has 0 saturated carbocycles. The Hall–Kier alpha value is -0.920. The van der Waals surface area contributed by atoms with Gasteiger partial charge in [-0.3, -0.25) is 4.40 Å². The third kappa shape index (κ3) is 2.68. The Balaban J connectivity index is 1.75. The molecule has 0 aliphatic carbocycles. The molecule has 5 nitrogen and oxygen atoms in total. The molecule has 1 saturated heterocycles. The van der Waals surface area contributed by atoms with Crippen LogP contribution in [0.15, 0.2) is 17.8 Å². The molecule has 1 aliphatic heterocycles. The van der Waals surface area contributed by atoms with Crippen molar-refractivity contribution in [2.45, 2.75) is 12.8 Å². The van der Waals surface area contributed by atoms with Crippen LogP contribution in [-0.4, -0.2) is 41.0 Å². The van der Waals surface area contributed by atoms with Gasteiger partial charge in [0.15, 0.2) is 14.8 Å². The van der Waals surface area contributed by atoms with Crippen molar-refractivity contribution >= 4 is 26.1 Å². The van der Waals surface area contributed by atoms with Gasteiger partial charge in [0, 0.05) is 24.4 Å². The van der Waals surface area contributed by atoms with Crippen molar-refractivity contribution in [2.24, 2.45) is 11.8 Å². The minimum atomic E-state index is -2.89. The first-order valence-corrected chi connectivity index (χ1v) is 9.00. The van der Waals surface area contributed by atoms with Crippen molar-refractivity contribution in [2.75, 3.05) is 18.1 Å². The number of aliphatic hydroxyl groups excluding tert-OH is 1. The van der Waals surface area contributed by atoms with Crippen LogP contribution in [0, 0.1) is 11.8 Å². The van der Waals surface area contributed by atoms with Crippen molar-refractivity contribution in [3.63, 3.8) is 0 Å². The predicted octanol–water partition coefficient (Wildman–Crippen LogP) is 0.982. The SMILES string of the molecule is O=S1(=O)CCC(C(CO)Cc2cn3ccsc3n2)C1. The standard InChI is InChI=1S/C12H16N2O3S2/c15-7-10(9-1-4-19(16,17)8-9)5-11-6-14-2-3-18-12(14)13-11/h2-3,6,9-10,15H,1,4-5,7-8H2. The fourth-order valence-corrected chi connectivity index (χ4v) is 5.36. The van der Waals surface area contributed by atoms with E-state index in [0.29, 0.717) is 12.8 Å². The summed E-state index contributed by atoms with van der Waals surface area (Å²) < 4.78 is 25.0. The van der Waals surface area contributed by atoms with Crippen LogP contribution in [0.1, 0.15) is 12.1 Å². The Morgan fingerprint density at radius 1 is 1.58 bits per heavy atom. The smallest absolute Gasteiger partial charge is 0.193 e. The van der Waals surface area contributed by atoms with E-state index in [1.165, 1.54) is 0 Å². The first-order valence-electron chi connectivity index (χ1n) is 6.30. The molecule has 2 atom stereocenters. The summed E-state index contributed by atoms with van der Waals surface area (Å²) in [5.74, 6) is 0.518. The van der Waals surface area contributed by atoms with Crippen LogP contribution >= 0.6 is 11.3 Å². The number of rotatable bonds is 4. The van der Waals surface area contributed by atoms with Gasteiger partial charge in [-0.15, -0.1) is 11.3 Å². The Kier molecular flexibility index (Phi) is 3.36. The van der Waals surface area contributed by atoms with Crippen molar-refractivity contribution in [1.29, 1.82) is 0 Å². The summed E-state index contributed by atoms with van der Waals surface area (Å²) in [4.78, 5) is 5.43. The second kappa shape index (κ2) is 4.88. The van der Waals surface area contributed by atoms with Crippen LogP contribution in [0.3, 0.4) is 0 Å². The van der Waals surface area contributed by atoms with Gasteiger partial charge in [0.25, 0.3) is 0 Å². The molecule has 0 bridgehead atoms. The van der Waals surface area contributed by atoms with Gasteiger partial charge in [-0.05, 0) is 24.7 Å². The van der Waals surface area contributed by atoms with Crippen molar-refractivity contribution in [1.82, 2.24) is 9.38 Å². The van der Waals surface area contributed by atoms with Crippen molar-refractivity contribution < 1.29 is 13.5 Å². The van der Waals surface area contributed by atoms with E-state index in [2.05, 4.69) is 4.98 Å². The lowest BCUT2D eigenvalue weighted by atomic mass is 9.89. The van der Waals surface area contributed by atoms with Gasteiger partial charge < -0.3 is 5.11 Å². The lowest BCUT2D eigenvalue weighted by Gasteiger charge is -2.18. The maximum Gasteiger partial charge on any atom is 0.193 e. The number of sulfone groups is 1. The lowest BCUT2D eigenvalue weighted by Crippen LogP contribution is -2.22. The number of hydrogen-bond donors (Lipinski definition) is 1. The highest BCUT2D eigenvalue weighted by atomic mass is 32.2. The molecule has 7 heteroatoms. The molecule has 1 N–H and O–H groups in total. The fraction of sp³-hybridized carbons (Fsp3) is 0.583. The summed E-state index contributed by atoms with van der Waals surface area (Å²) in [7, 11) is -2.89. The zero-order valence-electron chi connectivity index (χ0n) is 10.4. The molecule has 2 aromatic heterocycles. The van der Waals surface area contributed by atoms with Gasteiger partial charge >= 0.3 is 0 Å². The van der Waals surface area contributed by atoms with Gasteiger partial charge in [-0.25, -0.2) is 13.4 Å². The molecule has 1 aliphatic rings. The number of nitrogens with zero attached hydrogens (tertiary/aromatic N) is 2. The van der Waals surface area contributed by atoms with Crippen LogP contribution in [0.2, 0.25) is 0 Å². The molecule has 3 heterocycles. The predicted molar refractivity (Wildman–Crippen MR) is 74.1 cm³/mol. The molecule has 0 amide bonds. The highest BCUT2D eigenvalue weighted by molar-refractivity contribution is 7.91. The van der Waals surface area contributed by atoms with Crippen LogP contribution in [-0.2, 0) is 16.3 Å². The molecule has 0 radical (unpaired) electrons. The summed E-state index contributed by atoms with van der Waals surface area (Å²) in [6.45, 7) is 0.0192. The molecule has 19 heavy (non-hydrogen) atoms. The van der Waals surface area contributed by atoms with Gasteiger partial charge in [0.05, 0.1) is 17.2 Å². The largest absolute Gasteiger partial charge is 0.396 e. The first-order chi connectivity index (χ1) is 9.07. The van der Waals surface area contributed by atoms with E-state index < -0.39 is 9.84 Å². The average Bonchev–Trinajstić information content (AvgIpc) is 2.99. The number of aliphatic hydroxyl groups is 1. The highest BCUT2D eigenvalue weighted by Crippen LogP contribution is 2.28. The number of hydrogen-bond acceptors (Lipinski definition) is 5. The van der Waals surface area contributed by atoms with Crippen molar-refractivity contribution in [3.8, 4) is 0 Å². The number of fused-ring (bicyclic) bond motifs is 1. The summed E-state index contributed by atoms with van der Waals surface area (Å²) >= 11 is 1.57. The van der Waals surface area contributed by atoms with Gasteiger partial charge in [-0.2, -0.15) is 0 Å². The second-order valence-corrected chi connectivity index (χ2v) is 8.24. The summed E-state index contributed by atoms with van der Waals surface area (Å²) in [5, 5.41) is 11.5. The Labute approximate surface area is 115 Å². The van der Waals surface area contributed by atoms with E-state index in [9.17, 15) is 13.5 Å².